The molecule has 2 N–H and O–H groups in total. The first-order chi connectivity index (χ1) is 13.1. The molecule has 1 heterocycles. The minimum Gasteiger partial charge on any atom is -0.508 e. The number of ether oxygens (including phenoxy) is 1. The minimum atomic E-state index is 0.0772. The van der Waals surface area contributed by atoms with Crippen LogP contribution >= 0.6 is 0 Å². The second-order valence-corrected chi connectivity index (χ2v) is 7.80. The number of piperazine rings is 1. The minimum absolute atomic E-state index is 0.0772. The van der Waals surface area contributed by atoms with E-state index in [0.717, 1.165) is 38.3 Å². The smallest absolute Gasteiger partial charge is 0.234 e. The Kier molecular flexibility index (Phi) is 7.35. The van der Waals surface area contributed by atoms with Gasteiger partial charge in [-0.25, -0.2) is 0 Å². The van der Waals surface area contributed by atoms with Crippen LogP contribution in [0.25, 0.3) is 0 Å². The molecular formula is C21H33N3O3. The third kappa shape index (κ3) is 6.11. The van der Waals surface area contributed by atoms with Crippen molar-refractivity contribution in [2.45, 2.75) is 38.7 Å². The lowest BCUT2D eigenvalue weighted by Crippen LogP contribution is -2.49. The lowest BCUT2D eigenvalue weighted by atomic mass is 9.88. The molecule has 2 atom stereocenters. The van der Waals surface area contributed by atoms with Gasteiger partial charge >= 0.3 is 0 Å². The van der Waals surface area contributed by atoms with Crippen LogP contribution in [0.1, 0.15) is 32.6 Å². The summed E-state index contributed by atoms with van der Waals surface area (Å²) >= 11 is 0. The van der Waals surface area contributed by atoms with Crippen molar-refractivity contribution in [2.75, 3.05) is 50.8 Å². The molecule has 0 bridgehead atoms. The quantitative estimate of drug-likeness (QED) is 0.716. The van der Waals surface area contributed by atoms with E-state index in [4.69, 9.17) is 4.74 Å². The predicted molar refractivity (Wildman–Crippen MR) is 107 cm³/mol. The second-order valence-electron chi connectivity index (χ2n) is 7.80. The average Bonchev–Trinajstić information content (AvgIpc) is 2.68. The number of carbonyl (C=O) groups is 1. The number of amides is 1. The van der Waals surface area contributed by atoms with Crippen LogP contribution in [0.5, 0.6) is 5.75 Å². The third-order valence-electron chi connectivity index (χ3n) is 5.74. The van der Waals surface area contributed by atoms with Gasteiger partial charge in [0.05, 0.1) is 19.3 Å². The summed E-state index contributed by atoms with van der Waals surface area (Å²) in [6.07, 6.45) is 5.35. The standard InChI is InChI=1S/C21H33N3O3/c1-17-4-2-3-5-20(17)27-15-10-22-21(26)16-23-11-13-24(14-12-23)18-6-8-19(25)9-7-18/h6-9,17,20,25H,2-5,10-16H2,1H3,(H,22,26). The van der Waals surface area contributed by atoms with Crippen molar-refractivity contribution < 1.29 is 14.6 Å². The van der Waals surface area contributed by atoms with E-state index in [1.54, 1.807) is 12.1 Å². The molecule has 3 rings (SSSR count). The number of hydrogen-bond acceptors (Lipinski definition) is 5. The third-order valence-corrected chi connectivity index (χ3v) is 5.74. The number of nitrogens with zero attached hydrogens (tertiary/aromatic N) is 2. The molecule has 1 aromatic rings. The van der Waals surface area contributed by atoms with Crippen molar-refractivity contribution in [1.82, 2.24) is 10.2 Å². The van der Waals surface area contributed by atoms with Gasteiger partial charge in [-0.1, -0.05) is 19.8 Å². The van der Waals surface area contributed by atoms with Gasteiger partial charge in [-0.2, -0.15) is 0 Å². The normalized spacial score (nSPS) is 24.0. The molecule has 6 nitrogen and oxygen atoms in total. The number of rotatable bonds is 7. The SMILES string of the molecule is CC1CCCCC1OCCNC(=O)CN1CCN(c2ccc(O)cc2)CC1. The zero-order valence-electron chi connectivity index (χ0n) is 16.4. The monoisotopic (exact) mass is 375 g/mol. The number of anilines is 1. The lowest BCUT2D eigenvalue weighted by Gasteiger charge is -2.35. The van der Waals surface area contributed by atoms with E-state index in [2.05, 4.69) is 22.0 Å². The summed E-state index contributed by atoms with van der Waals surface area (Å²) in [5, 5.41) is 12.4. The fourth-order valence-corrected chi connectivity index (χ4v) is 4.02. The zero-order chi connectivity index (χ0) is 19.1. The van der Waals surface area contributed by atoms with Crippen molar-refractivity contribution in [3.8, 4) is 5.75 Å². The van der Waals surface area contributed by atoms with Crippen LogP contribution in [-0.4, -0.2) is 67.9 Å². The van der Waals surface area contributed by atoms with Crippen molar-refractivity contribution in [3.05, 3.63) is 24.3 Å². The summed E-state index contributed by atoms with van der Waals surface area (Å²) in [6.45, 7) is 7.42. The van der Waals surface area contributed by atoms with E-state index in [0.29, 0.717) is 31.7 Å². The van der Waals surface area contributed by atoms with Gasteiger partial charge in [0.1, 0.15) is 5.75 Å². The molecule has 1 amide bonds. The topological polar surface area (TPSA) is 65.0 Å². The number of aromatic hydroxyl groups is 1. The van der Waals surface area contributed by atoms with Gasteiger partial charge in [-0.15, -0.1) is 0 Å². The Balaban J connectivity index is 1.29. The largest absolute Gasteiger partial charge is 0.508 e. The summed E-state index contributed by atoms with van der Waals surface area (Å²) < 4.78 is 5.95. The van der Waals surface area contributed by atoms with Gasteiger partial charge < -0.3 is 20.1 Å². The van der Waals surface area contributed by atoms with Crippen LogP contribution in [-0.2, 0) is 9.53 Å². The van der Waals surface area contributed by atoms with Crippen molar-refractivity contribution in [1.29, 1.82) is 0 Å². The number of phenols is 1. The number of benzene rings is 1. The second kappa shape index (κ2) is 9.95. The Hall–Kier alpha value is -1.79. The average molecular weight is 376 g/mol. The van der Waals surface area contributed by atoms with E-state index >= 15 is 0 Å². The van der Waals surface area contributed by atoms with Crippen molar-refractivity contribution in [2.24, 2.45) is 5.92 Å². The van der Waals surface area contributed by atoms with Gasteiger partial charge in [0, 0.05) is 38.4 Å². The van der Waals surface area contributed by atoms with Crippen LogP contribution < -0.4 is 10.2 Å². The molecule has 150 valence electrons. The summed E-state index contributed by atoms with van der Waals surface area (Å²) in [7, 11) is 0. The maximum atomic E-state index is 12.2. The van der Waals surface area contributed by atoms with E-state index in [1.165, 1.54) is 19.3 Å². The Morgan fingerprint density at radius 1 is 1.15 bits per heavy atom. The van der Waals surface area contributed by atoms with Gasteiger partial charge in [-0.05, 0) is 43.0 Å². The molecule has 1 aliphatic heterocycles. The highest BCUT2D eigenvalue weighted by Crippen LogP contribution is 2.26. The molecule has 1 aromatic carbocycles. The van der Waals surface area contributed by atoms with E-state index in [1.807, 2.05) is 12.1 Å². The van der Waals surface area contributed by atoms with Crippen LogP contribution in [0.3, 0.4) is 0 Å². The molecule has 1 aliphatic carbocycles. The van der Waals surface area contributed by atoms with E-state index in [9.17, 15) is 9.90 Å². The van der Waals surface area contributed by atoms with Gasteiger partial charge in [0.2, 0.25) is 5.91 Å². The van der Waals surface area contributed by atoms with E-state index in [-0.39, 0.29) is 11.7 Å². The Labute approximate surface area is 162 Å². The maximum Gasteiger partial charge on any atom is 0.234 e. The Morgan fingerprint density at radius 3 is 2.56 bits per heavy atom. The molecule has 1 saturated heterocycles. The molecule has 0 aromatic heterocycles. The molecule has 0 radical (unpaired) electrons. The summed E-state index contributed by atoms with van der Waals surface area (Å²) in [5.74, 6) is 1.00. The van der Waals surface area contributed by atoms with E-state index < -0.39 is 0 Å². The van der Waals surface area contributed by atoms with Crippen LogP contribution in [0.4, 0.5) is 5.69 Å². The fraction of sp³-hybridized carbons (Fsp3) is 0.667. The van der Waals surface area contributed by atoms with Crippen LogP contribution in [0.2, 0.25) is 0 Å². The molecule has 6 heteroatoms. The Bertz CT molecular complexity index is 585. The van der Waals surface area contributed by atoms with Crippen LogP contribution in [0, 0.1) is 5.92 Å². The van der Waals surface area contributed by atoms with Crippen molar-refractivity contribution in [3.63, 3.8) is 0 Å². The number of carbonyl (C=O) groups excluding carboxylic acids is 1. The van der Waals surface area contributed by atoms with Crippen molar-refractivity contribution >= 4 is 11.6 Å². The van der Waals surface area contributed by atoms with Gasteiger partial charge in [0.15, 0.2) is 0 Å². The molecule has 1 saturated carbocycles. The highest BCUT2D eigenvalue weighted by atomic mass is 16.5. The summed E-state index contributed by atoms with van der Waals surface area (Å²) in [5.41, 5.74) is 1.12. The molecule has 2 aliphatic rings. The fourth-order valence-electron chi connectivity index (χ4n) is 4.02. The highest BCUT2D eigenvalue weighted by Gasteiger charge is 2.22. The molecule has 27 heavy (non-hydrogen) atoms. The number of hydrogen-bond donors (Lipinski definition) is 2. The molecular weight excluding hydrogens is 342 g/mol. The highest BCUT2D eigenvalue weighted by molar-refractivity contribution is 5.78. The molecule has 0 spiro atoms. The first kappa shape index (κ1) is 20.0. The van der Waals surface area contributed by atoms with Gasteiger partial charge in [0.25, 0.3) is 0 Å². The molecule has 2 unspecified atom stereocenters. The predicted octanol–water partition coefficient (Wildman–Crippen LogP) is 2.23. The maximum absolute atomic E-state index is 12.2. The number of phenolic OH excluding ortho intramolecular Hbond substituents is 1. The first-order valence-electron chi connectivity index (χ1n) is 10.3. The molecule has 2 fully saturated rings. The zero-order valence-corrected chi connectivity index (χ0v) is 16.4. The van der Waals surface area contributed by atoms with Gasteiger partial charge in [-0.3, -0.25) is 9.69 Å². The number of nitrogens with one attached hydrogen (secondary N) is 1. The first-order valence-corrected chi connectivity index (χ1v) is 10.3. The summed E-state index contributed by atoms with van der Waals surface area (Å²) in [4.78, 5) is 16.6. The lowest BCUT2D eigenvalue weighted by molar-refractivity contribution is -0.122. The summed E-state index contributed by atoms with van der Waals surface area (Å²) in [6, 6.07) is 7.30. The Morgan fingerprint density at radius 2 is 1.85 bits per heavy atom. The van der Waals surface area contributed by atoms with Crippen LogP contribution in [0.15, 0.2) is 24.3 Å².